The minimum Gasteiger partial charge on any atom is -0.465 e. The molecule has 0 radical (unpaired) electrons. The first-order chi connectivity index (χ1) is 13.3. The van der Waals surface area contributed by atoms with E-state index in [2.05, 4.69) is 10.1 Å². The largest absolute Gasteiger partial charge is 0.465 e. The van der Waals surface area contributed by atoms with Crippen molar-refractivity contribution in [2.75, 3.05) is 33.1 Å². The van der Waals surface area contributed by atoms with Gasteiger partial charge in [0.2, 0.25) is 0 Å². The maximum atomic E-state index is 13.3. The van der Waals surface area contributed by atoms with Gasteiger partial charge in [0.25, 0.3) is 5.91 Å². The summed E-state index contributed by atoms with van der Waals surface area (Å²) < 4.78 is 22.7. The number of nitrogens with one attached hydrogen (secondary N) is 2. The molecule has 2 aromatic carbocycles. The van der Waals surface area contributed by atoms with Crippen LogP contribution in [0.1, 0.15) is 26.3 Å². The van der Waals surface area contributed by atoms with Crippen LogP contribution in [0.4, 0.5) is 10.1 Å². The first-order valence-corrected chi connectivity index (χ1v) is 8.50. The molecule has 8 heteroatoms. The lowest BCUT2D eigenvalue weighted by Gasteiger charge is -2.15. The lowest BCUT2D eigenvalue weighted by atomic mass is 10.1. The topological polar surface area (TPSA) is 86.1 Å². The summed E-state index contributed by atoms with van der Waals surface area (Å²) in [5.41, 5.74) is 1.21. The Bertz CT molecular complexity index is 885. The van der Waals surface area contributed by atoms with E-state index < -0.39 is 11.9 Å². The summed E-state index contributed by atoms with van der Waals surface area (Å²) in [6, 6.07) is 10.3. The molecule has 0 spiro atoms. The van der Waals surface area contributed by atoms with E-state index in [9.17, 15) is 18.8 Å². The number of methoxy groups -OCH3 is 2. The van der Waals surface area contributed by atoms with Crippen molar-refractivity contribution in [1.29, 1.82) is 0 Å². The van der Waals surface area contributed by atoms with E-state index in [-0.39, 0.29) is 35.1 Å². The number of likely N-dealkylation sites (N-methyl/N-ethyl adjacent to an activating group) is 1. The number of hydrogen-bond acceptors (Lipinski definition) is 5. The number of amides is 1. The van der Waals surface area contributed by atoms with Crippen LogP contribution >= 0.6 is 0 Å². The van der Waals surface area contributed by atoms with E-state index in [4.69, 9.17) is 4.74 Å². The number of quaternary nitrogens is 1. The van der Waals surface area contributed by atoms with Gasteiger partial charge in [-0.2, -0.15) is 0 Å². The highest BCUT2D eigenvalue weighted by atomic mass is 19.1. The first kappa shape index (κ1) is 21.0. The van der Waals surface area contributed by atoms with Crippen molar-refractivity contribution in [1.82, 2.24) is 0 Å². The first-order valence-electron chi connectivity index (χ1n) is 8.50. The van der Waals surface area contributed by atoms with Crippen molar-refractivity contribution >= 4 is 23.5 Å². The van der Waals surface area contributed by atoms with Crippen LogP contribution in [0.25, 0.3) is 0 Å². The van der Waals surface area contributed by atoms with E-state index in [1.165, 1.54) is 44.6 Å². The zero-order valence-corrected chi connectivity index (χ0v) is 15.9. The Morgan fingerprint density at radius 3 is 2.39 bits per heavy atom. The second-order valence-electron chi connectivity index (χ2n) is 6.23. The zero-order valence-electron chi connectivity index (χ0n) is 15.9. The molecular formula is C20H22FN2O5+. The van der Waals surface area contributed by atoms with Crippen LogP contribution in [0.3, 0.4) is 0 Å². The van der Waals surface area contributed by atoms with Gasteiger partial charge in [0.1, 0.15) is 12.4 Å². The quantitative estimate of drug-likeness (QED) is 0.692. The molecule has 0 aliphatic carbocycles. The second-order valence-corrected chi connectivity index (χ2v) is 6.23. The van der Waals surface area contributed by atoms with Gasteiger partial charge in [0.15, 0.2) is 6.54 Å². The number of anilines is 1. The number of ether oxygens (including phenoxy) is 2. The van der Waals surface area contributed by atoms with Crippen molar-refractivity contribution in [3.63, 3.8) is 0 Å². The third kappa shape index (κ3) is 5.62. The molecule has 0 bridgehead atoms. The number of hydrogen-bond donors (Lipinski definition) is 2. The van der Waals surface area contributed by atoms with E-state index in [1.54, 1.807) is 19.2 Å². The number of carbonyl (C=O) groups excluding carboxylic acids is 3. The molecule has 0 saturated heterocycles. The summed E-state index contributed by atoms with van der Waals surface area (Å²) >= 11 is 0. The molecule has 7 nitrogen and oxygen atoms in total. The maximum Gasteiger partial charge on any atom is 0.339 e. The molecule has 0 aliphatic rings. The third-order valence-corrected chi connectivity index (χ3v) is 3.98. The fraction of sp³-hybridized carbons (Fsp3) is 0.250. The van der Waals surface area contributed by atoms with Gasteiger partial charge in [-0.1, -0.05) is 12.1 Å². The lowest BCUT2D eigenvalue weighted by Crippen LogP contribution is -3.08. The Balaban J connectivity index is 2.12. The van der Waals surface area contributed by atoms with Crippen molar-refractivity contribution in [2.45, 2.75) is 6.54 Å². The molecule has 2 rings (SSSR count). The predicted molar refractivity (Wildman–Crippen MR) is 99.6 cm³/mol. The van der Waals surface area contributed by atoms with Gasteiger partial charge >= 0.3 is 11.9 Å². The van der Waals surface area contributed by atoms with Crippen molar-refractivity contribution in [2.24, 2.45) is 0 Å². The molecule has 0 saturated carbocycles. The standard InChI is InChI=1S/C20H21FN2O5/c1-23(11-13-5-4-6-15(21)9-13)12-18(24)22-17-10-14(19(25)27-2)7-8-16(17)20(26)28-3/h4-10H,11-12H2,1-3H3,(H,22,24)/p+1. The van der Waals surface area contributed by atoms with Gasteiger partial charge in [0.05, 0.1) is 38.1 Å². The fourth-order valence-corrected chi connectivity index (χ4v) is 2.71. The summed E-state index contributed by atoms with van der Waals surface area (Å²) in [5, 5.41) is 2.63. The predicted octanol–water partition coefficient (Wildman–Crippen LogP) is 1.05. The van der Waals surface area contributed by atoms with Crippen LogP contribution in [0, 0.1) is 5.82 Å². The molecule has 1 unspecified atom stereocenters. The summed E-state index contributed by atoms with van der Waals surface area (Å²) in [6.45, 7) is 0.511. The van der Waals surface area contributed by atoms with E-state index in [0.29, 0.717) is 6.54 Å². The molecule has 148 valence electrons. The molecule has 2 N–H and O–H groups in total. The van der Waals surface area contributed by atoms with E-state index in [0.717, 1.165) is 10.5 Å². The minimum absolute atomic E-state index is 0.0690. The van der Waals surface area contributed by atoms with Gasteiger partial charge in [-0.3, -0.25) is 4.79 Å². The SMILES string of the molecule is COC(=O)c1ccc(C(=O)OC)c(NC(=O)C[NH+](C)Cc2cccc(F)c2)c1. The molecular weight excluding hydrogens is 367 g/mol. The molecule has 1 amide bonds. The highest BCUT2D eigenvalue weighted by Gasteiger charge is 2.19. The van der Waals surface area contributed by atoms with Gasteiger partial charge in [-0.05, 0) is 30.3 Å². The summed E-state index contributed by atoms with van der Waals surface area (Å²) in [5.74, 6) is -1.95. The number of halogens is 1. The molecule has 2 aromatic rings. The molecule has 0 aliphatic heterocycles. The zero-order chi connectivity index (χ0) is 20.7. The second kappa shape index (κ2) is 9.61. The minimum atomic E-state index is -0.646. The van der Waals surface area contributed by atoms with Crippen LogP contribution in [-0.4, -0.2) is 45.7 Å². The highest BCUT2D eigenvalue weighted by Crippen LogP contribution is 2.19. The Morgan fingerprint density at radius 2 is 1.75 bits per heavy atom. The number of carbonyl (C=O) groups is 3. The summed E-state index contributed by atoms with van der Waals surface area (Å²) in [7, 11) is 4.25. The van der Waals surface area contributed by atoms with Crippen LogP contribution in [-0.2, 0) is 20.8 Å². The monoisotopic (exact) mass is 389 g/mol. The molecule has 28 heavy (non-hydrogen) atoms. The average molecular weight is 389 g/mol. The third-order valence-electron chi connectivity index (χ3n) is 3.98. The van der Waals surface area contributed by atoms with Gasteiger partial charge in [0, 0.05) is 5.56 Å². The molecule has 0 fully saturated rings. The number of rotatable bonds is 7. The van der Waals surface area contributed by atoms with Crippen molar-refractivity contribution in [3.05, 3.63) is 65.0 Å². The Morgan fingerprint density at radius 1 is 1.04 bits per heavy atom. The van der Waals surface area contributed by atoms with Crippen LogP contribution in [0.5, 0.6) is 0 Å². The van der Waals surface area contributed by atoms with Crippen LogP contribution < -0.4 is 10.2 Å². The Hall–Kier alpha value is -3.26. The van der Waals surface area contributed by atoms with E-state index in [1.807, 2.05) is 0 Å². The Labute approximate surface area is 162 Å². The van der Waals surface area contributed by atoms with Gasteiger partial charge in [-0.25, -0.2) is 14.0 Å². The van der Waals surface area contributed by atoms with Crippen molar-refractivity contribution < 1.29 is 33.1 Å². The normalized spacial score (nSPS) is 11.4. The highest BCUT2D eigenvalue weighted by molar-refractivity contribution is 6.03. The fourth-order valence-electron chi connectivity index (χ4n) is 2.71. The Kier molecular flexibility index (Phi) is 7.22. The number of esters is 2. The summed E-state index contributed by atoms with van der Waals surface area (Å²) in [6.07, 6.45) is 0. The average Bonchev–Trinajstić information content (AvgIpc) is 2.66. The van der Waals surface area contributed by atoms with E-state index >= 15 is 0 Å². The maximum absolute atomic E-state index is 13.3. The lowest BCUT2D eigenvalue weighted by molar-refractivity contribution is -0.885. The molecule has 0 aromatic heterocycles. The number of benzene rings is 2. The molecule has 1 atom stereocenters. The molecule has 0 heterocycles. The van der Waals surface area contributed by atoms with Gasteiger partial charge < -0.3 is 19.7 Å². The van der Waals surface area contributed by atoms with Gasteiger partial charge in [-0.15, -0.1) is 0 Å². The van der Waals surface area contributed by atoms with Crippen LogP contribution in [0.15, 0.2) is 42.5 Å². The smallest absolute Gasteiger partial charge is 0.339 e. The van der Waals surface area contributed by atoms with Crippen molar-refractivity contribution in [3.8, 4) is 0 Å². The summed E-state index contributed by atoms with van der Waals surface area (Å²) in [4.78, 5) is 36.9. The van der Waals surface area contributed by atoms with Crippen LogP contribution in [0.2, 0.25) is 0 Å².